The van der Waals surface area contributed by atoms with Crippen LogP contribution in [0.5, 0.6) is 5.75 Å². The number of carbonyl (C=O) groups excluding carboxylic acids is 1. The molecule has 0 bridgehead atoms. The van der Waals surface area contributed by atoms with Gasteiger partial charge in [-0.05, 0) is 62.2 Å². The average molecular weight is 517 g/mol. The number of nitrogens with zero attached hydrogens (tertiary/aromatic N) is 2. The Bertz CT molecular complexity index is 1470. The maximum absolute atomic E-state index is 13.6. The number of aromatic nitrogens is 1. The van der Waals surface area contributed by atoms with Gasteiger partial charge in [0, 0.05) is 0 Å². The van der Waals surface area contributed by atoms with Crippen LogP contribution in [0.1, 0.15) is 37.9 Å². The van der Waals surface area contributed by atoms with Crippen molar-refractivity contribution < 1.29 is 14.3 Å². The fourth-order valence-electron chi connectivity index (χ4n) is 3.72. The van der Waals surface area contributed by atoms with Gasteiger partial charge in [-0.15, -0.1) is 0 Å². The van der Waals surface area contributed by atoms with Crippen molar-refractivity contribution in [3.63, 3.8) is 0 Å². The van der Waals surface area contributed by atoms with Gasteiger partial charge in [-0.3, -0.25) is 9.36 Å². The Kier molecular flexibility index (Phi) is 6.98. The van der Waals surface area contributed by atoms with E-state index in [1.807, 2.05) is 12.1 Å². The van der Waals surface area contributed by atoms with Crippen LogP contribution in [0.15, 0.2) is 63.5 Å². The van der Waals surface area contributed by atoms with Crippen LogP contribution in [0.4, 0.5) is 0 Å². The van der Waals surface area contributed by atoms with E-state index in [2.05, 4.69) is 4.99 Å². The highest BCUT2D eigenvalue weighted by Gasteiger charge is 2.33. The van der Waals surface area contributed by atoms with Crippen molar-refractivity contribution in [3.8, 4) is 5.75 Å². The van der Waals surface area contributed by atoms with E-state index in [1.54, 1.807) is 68.9 Å². The van der Waals surface area contributed by atoms with Crippen molar-refractivity contribution in [2.75, 3.05) is 7.11 Å². The highest BCUT2D eigenvalue weighted by Crippen LogP contribution is 2.32. The molecule has 0 N–H and O–H groups in total. The molecule has 0 fully saturated rings. The summed E-state index contributed by atoms with van der Waals surface area (Å²) in [5, 5.41) is 0.831. The van der Waals surface area contributed by atoms with Crippen LogP contribution in [0, 0.1) is 0 Å². The minimum Gasteiger partial charge on any atom is -0.497 e. The summed E-state index contributed by atoms with van der Waals surface area (Å²) in [6, 6.07) is 11.7. The van der Waals surface area contributed by atoms with Gasteiger partial charge in [-0.25, -0.2) is 9.79 Å². The Labute approximate surface area is 210 Å². The summed E-state index contributed by atoms with van der Waals surface area (Å²) >= 11 is 13.4. The molecule has 0 aliphatic carbocycles. The molecule has 0 spiro atoms. The molecule has 1 aliphatic heterocycles. The highest BCUT2D eigenvalue weighted by atomic mass is 35.5. The second kappa shape index (κ2) is 9.78. The number of allylic oxidation sites excluding steroid dienone is 1. The first kappa shape index (κ1) is 24.3. The number of halogens is 2. The van der Waals surface area contributed by atoms with E-state index < -0.39 is 12.0 Å². The van der Waals surface area contributed by atoms with Crippen LogP contribution in [0.25, 0.3) is 6.08 Å². The van der Waals surface area contributed by atoms with Crippen LogP contribution in [0.3, 0.4) is 0 Å². The Morgan fingerprint density at radius 1 is 1.15 bits per heavy atom. The van der Waals surface area contributed by atoms with Crippen LogP contribution in [-0.4, -0.2) is 23.8 Å². The third kappa shape index (κ3) is 4.69. The lowest BCUT2D eigenvalue weighted by Gasteiger charge is -2.25. The van der Waals surface area contributed by atoms with Crippen molar-refractivity contribution in [3.05, 3.63) is 94.6 Å². The fraction of sp³-hybridized carbons (Fsp3) is 0.240. The Morgan fingerprint density at radius 3 is 2.47 bits per heavy atom. The monoisotopic (exact) mass is 516 g/mol. The van der Waals surface area contributed by atoms with Crippen LogP contribution >= 0.6 is 34.5 Å². The molecule has 6 nitrogen and oxygen atoms in total. The number of methoxy groups -OCH3 is 1. The molecule has 9 heteroatoms. The zero-order valence-electron chi connectivity index (χ0n) is 19.0. The second-order valence-electron chi connectivity index (χ2n) is 7.98. The summed E-state index contributed by atoms with van der Waals surface area (Å²) < 4.78 is 12.8. The largest absolute Gasteiger partial charge is 0.497 e. The van der Waals surface area contributed by atoms with Crippen LogP contribution < -0.4 is 19.6 Å². The maximum Gasteiger partial charge on any atom is 0.338 e. The minimum absolute atomic E-state index is 0.266. The second-order valence-corrected chi connectivity index (χ2v) is 9.81. The van der Waals surface area contributed by atoms with E-state index >= 15 is 0 Å². The van der Waals surface area contributed by atoms with Gasteiger partial charge < -0.3 is 9.47 Å². The summed E-state index contributed by atoms with van der Waals surface area (Å²) in [4.78, 5) is 31.8. The van der Waals surface area contributed by atoms with Gasteiger partial charge in [-0.1, -0.05) is 52.7 Å². The molecular formula is C25H22Cl2N2O4S. The Balaban J connectivity index is 1.93. The number of fused-ring (bicyclic) bond motifs is 1. The van der Waals surface area contributed by atoms with Crippen LogP contribution in [-0.2, 0) is 9.53 Å². The molecule has 0 amide bonds. The predicted octanol–water partition coefficient (Wildman–Crippen LogP) is 4.50. The van der Waals surface area contributed by atoms with E-state index in [-0.39, 0.29) is 11.7 Å². The minimum atomic E-state index is -0.690. The summed E-state index contributed by atoms with van der Waals surface area (Å²) in [5.74, 6) is 0.165. The molecule has 2 aromatic carbocycles. The first-order valence-corrected chi connectivity index (χ1v) is 12.1. The quantitative estimate of drug-likeness (QED) is 0.468. The predicted molar refractivity (Wildman–Crippen MR) is 134 cm³/mol. The van der Waals surface area contributed by atoms with Gasteiger partial charge in [0.15, 0.2) is 4.80 Å². The van der Waals surface area contributed by atoms with E-state index in [4.69, 9.17) is 32.7 Å². The molecule has 2 heterocycles. The number of thiazole rings is 1. The van der Waals surface area contributed by atoms with Gasteiger partial charge in [0.25, 0.3) is 5.56 Å². The molecule has 1 aromatic heterocycles. The smallest absolute Gasteiger partial charge is 0.338 e. The number of hydrogen-bond acceptors (Lipinski definition) is 6. The molecular weight excluding hydrogens is 495 g/mol. The molecule has 34 heavy (non-hydrogen) atoms. The molecule has 0 radical (unpaired) electrons. The van der Waals surface area contributed by atoms with E-state index in [1.165, 1.54) is 11.3 Å². The topological polar surface area (TPSA) is 69.9 Å². The fourth-order valence-corrected chi connectivity index (χ4v) is 5.07. The van der Waals surface area contributed by atoms with Crippen molar-refractivity contribution >= 4 is 46.6 Å². The van der Waals surface area contributed by atoms with E-state index in [9.17, 15) is 9.59 Å². The van der Waals surface area contributed by atoms with Crippen molar-refractivity contribution in [1.82, 2.24) is 4.57 Å². The van der Waals surface area contributed by atoms with Gasteiger partial charge in [0.1, 0.15) is 5.75 Å². The molecule has 0 saturated heterocycles. The molecule has 1 atom stereocenters. The molecule has 1 aliphatic rings. The zero-order chi connectivity index (χ0) is 24.6. The highest BCUT2D eigenvalue weighted by molar-refractivity contribution is 7.07. The first-order chi connectivity index (χ1) is 16.2. The lowest BCUT2D eigenvalue weighted by Crippen LogP contribution is -2.40. The molecule has 4 rings (SSSR count). The van der Waals surface area contributed by atoms with Gasteiger partial charge in [0.2, 0.25) is 0 Å². The molecule has 176 valence electrons. The van der Waals surface area contributed by atoms with Gasteiger partial charge in [0.05, 0.1) is 45.1 Å². The van der Waals surface area contributed by atoms with Crippen molar-refractivity contribution in [2.24, 2.45) is 4.99 Å². The number of carbonyl (C=O) groups is 1. The first-order valence-electron chi connectivity index (χ1n) is 10.5. The summed E-state index contributed by atoms with van der Waals surface area (Å²) in [6.45, 7) is 5.31. The third-order valence-electron chi connectivity index (χ3n) is 5.26. The SMILES string of the molecule is COc1ccc(C2C(C(=O)OC(C)C)=C(C)N=c3sc(=Cc4ccc(Cl)c(Cl)c4)c(=O)n32)cc1. The Morgan fingerprint density at radius 2 is 1.85 bits per heavy atom. The molecule has 3 aromatic rings. The van der Waals surface area contributed by atoms with Crippen molar-refractivity contribution in [2.45, 2.75) is 32.9 Å². The van der Waals surface area contributed by atoms with Crippen molar-refractivity contribution in [1.29, 1.82) is 0 Å². The normalized spacial score (nSPS) is 15.9. The zero-order valence-corrected chi connectivity index (χ0v) is 21.3. The van der Waals surface area contributed by atoms with E-state index in [0.717, 1.165) is 11.1 Å². The van der Waals surface area contributed by atoms with Gasteiger partial charge >= 0.3 is 5.97 Å². The molecule has 1 unspecified atom stereocenters. The maximum atomic E-state index is 13.6. The summed E-state index contributed by atoms with van der Waals surface area (Å²) in [5.41, 5.74) is 2.04. The third-order valence-corrected chi connectivity index (χ3v) is 6.98. The lowest BCUT2D eigenvalue weighted by atomic mass is 9.96. The number of rotatable bonds is 5. The molecule has 0 saturated carbocycles. The summed E-state index contributed by atoms with van der Waals surface area (Å²) in [6.07, 6.45) is 1.42. The number of ether oxygens (including phenoxy) is 2. The number of benzene rings is 2. The van der Waals surface area contributed by atoms with Crippen LogP contribution in [0.2, 0.25) is 10.0 Å². The lowest BCUT2D eigenvalue weighted by molar-refractivity contribution is -0.143. The van der Waals surface area contributed by atoms with Gasteiger partial charge in [-0.2, -0.15) is 0 Å². The number of esters is 1. The summed E-state index contributed by atoms with van der Waals surface area (Å²) in [7, 11) is 1.58. The standard InChI is InChI=1S/C25H22Cl2N2O4S/c1-13(2)33-24(31)21-14(3)28-25-29(22(21)16-6-8-17(32-4)9-7-16)23(30)20(34-25)12-15-5-10-18(26)19(27)11-15/h5-13,22H,1-4H3. The average Bonchev–Trinajstić information content (AvgIpc) is 3.09. The Hall–Kier alpha value is -2.87. The van der Waals surface area contributed by atoms with E-state index in [0.29, 0.717) is 36.4 Å². The number of hydrogen-bond donors (Lipinski definition) is 0.